The minimum Gasteiger partial charge on any atom is -0.490 e. The Hall–Kier alpha value is -3.47. The second kappa shape index (κ2) is 10.3. The molecule has 0 bridgehead atoms. The number of amides is 1. The number of rotatable bonds is 9. The summed E-state index contributed by atoms with van der Waals surface area (Å²) in [5, 5.41) is 6.17. The highest BCUT2D eigenvalue weighted by molar-refractivity contribution is 5.95. The third-order valence-corrected chi connectivity index (χ3v) is 4.62. The van der Waals surface area contributed by atoms with Gasteiger partial charge in [0, 0.05) is 5.69 Å². The Balaban J connectivity index is 1.51. The quantitative estimate of drug-likeness (QED) is 0.486. The van der Waals surface area contributed by atoms with Crippen LogP contribution in [0.3, 0.4) is 0 Å². The molecule has 0 heterocycles. The number of benzene rings is 3. The van der Waals surface area contributed by atoms with Crippen LogP contribution in [0.2, 0.25) is 0 Å². The molecular weight excluding hydrogens is 376 g/mol. The summed E-state index contributed by atoms with van der Waals surface area (Å²) in [4.78, 5) is 12.5. The van der Waals surface area contributed by atoms with E-state index in [1.54, 1.807) is 0 Å². The third kappa shape index (κ3) is 6.01. The first-order valence-electron chi connectivity index (χ1n) is 10.0. The van der Waals surface area contributed by atoms with E-state index < -0.39 is 0 Å². The Bertz CT molecular complexity index is 964. The number of hydrogen-bond acceptors (Lipinski definition) is 4. The normalized spacial score (nSPS) is 10.4. The van der Waals surface area contributed by atoms with Crippen molar-refractivity contribution in [1.29, 1.82) is 0 Å². The Morgan fingerprint density at radius 3 is 2.20 bits per heavy atom. The van der Waals surface area contributed by atoms with Gasteiger partial charge in [-0.2, -0.15) is 0 Å². The monoisotopic (exact) mass is 404 g/mol. The van der Waals surface area contributed by atoms with Crippen LogP contribution >= 0.6 is 0 Å². The van der Waals surface area contributed by atoms with Crippen LogP contribution in [0.5, 0.6) is 11.5 Å². The van der Waals surface area contributed by atoms with E-state index in [2.05, 4.69) is 29.7 Å². The summed E-state index contributed by atoms with van der Waals surface area (Å²) in [5.74, 6) is 1.39. The number of aryl methyl sites for hydroxylation is 3. The van der Waals surface area contributed by atoms with Gasteiger partial charge >= 0.3 is 0 Å². The number of anilines is 2. The molecule has 0 saturated heterocycles. The lowest BCUT2D eigenvalue weighted by molar-refractivity contribution is -0.114. The Kier molecular flexibility index (Phi) is 7.33. The highest BCUT2D eigenvalue weighted by atomic mass is 16.5. The Labute approximate surface area is 178 Å². The largest absolute Gasteiger partial charge is 0.490 e. The van der Waals surface area contributed by atoms with Crippen molar-refractivity contribution in [2.24, 2.45) is 0 Å². The minimum atomic E-state index is -0.104. The zero-order chi connectivity index (χ0) is 21.3. The van der Waals surface area contributed by atoms with E-state index in [1.165, 1.54) is 5.56 Å². The predicted molar refractivity (Wildman–Crippen MR) is 122 cm³/mol. The van der Waals surface area contributed by atoms with Gasteiger partial charge in [0.1, 0.15) is 24.7 Å². The van der Waals surface area contributed by atoms with E-state index in [4.69, 9.17) is 9.47 Å². The summed E-state index contributed by atoms with van der Waals surface area (Å²) < 4.78 is 11.5. The molecule has 2 N–H and O–H groups in total. The smallest absolute Gasteiger partial charge is 0.243 e. The molecule has 0 aliphatic carbocycles. The van der Waals surface area contributed by atoms with Crippen molar-refractivity contribution in [3.05, 3.63) is 83.4 Å². The molecule has 0 atom stereocenters. The van der Waals surface area contributed by atoms with Crippen LogP contribution in [0.25, 0.3) is 0 Å². The van der Waals surface area contributed by atoms with Gasteiger partial charge in [-0.1, -0.05) is 48.0 Å². The fraction of sp³-hybridized carbons (Fsp3) is 0.240. The molecule has 1 amide bonds. The van der Waals surface area contributed by atoms with E-state index in [0.717, 1.165) is 28.3 Å². The maximum Gasteiger partial charge on any atom is 0.243 e. The molecular formula is C25H28N2O3. The molecule has 5 nitrogen and oxygen atoms in total. The maximum atomic E-state index is 12.5. The molecule has 0 fully saturated rings. The van der Waals surface area contributed by atoms with E-state index >= 15 is 0 Å². The number of ether oxygens (including phenoxy) is 2. The van der Waals surface area contributed by atoms with Crippen LogP contribution in [0.15, 0.2) is 66.7 Å². The van der Waals surface area contributed by atoms with Gasteiger partial charge in [-0.15, -0.1) is 0 Å². The molecule has 0 spiro atoms. The Morgan fingerprint density at radius 1 is 0.833 bits per heavy atom. The molecule has 0 aromatic heterocycles. The van der Waals surface area contributed by atoms with Crippen molar-refractivity contribution in [2.45, 2.75) is 20.8 Å². The average molecular weight is 405 g/mol. The molecule has 3 rings (SSSR count). The van der Waals surface area contributed by atoms with E-state index in [0.29, 0.717) is 19.0 Å². The summed E-state index contributed by atoms with van der Waals surface area (Å²) in [6.45, 7) is 7.04. The van der Waals surface area contributed by atoms with Crippen molar-refractivity contribution >= 4 is 17.3 Å². The zero-order valence-electron chi connectivity index (χ0n) is 17.7. The van der Waals surface area contributed by atoms with Crippen molar-refractivity contribution < 1.29 is 14.3 Å². The maximum absolute atomic E-state index is 12.5. The molecule has 0 unspecified atom stereocenters. The van der Waals surface area contributed by atoms with Crippen LogP contribution in [0.4, 0.5) is 11.4 Å². The summed E-state index contributed by atoms with van der Waals surface area (Å²) in [5.41, 5.74) is 4.94. The summed E-state index contributed by atoms with van der Waals surface area (Å²) in [7, 11) is 0. The molecule has 0 saturated carbocycles. The van der Waals surface area contributed by atoms with Crippen molar-refractivity contribution in [3.63, 3.8) is 0 Å². The number of carbonyl (C=O) groups is 1. The van der Waals surface area contributed by atoms with Crippen LogP contribution in [-0.4, -0.2) is 25.7 Å². The minimum absolute atomic E-state index is 0.104. The molecule has 3 aromatic rings. The standard InChI is InChI=1S/C25H28N2O3/c1-18-15-19(2)25(20(3)16-18)27-24(28)17-26-22-11-7-8-12-23(22)30-14-13-29-21-9-5-4-6-10-21/h4-12,15-16,26H,13-14,17H2,1-3H3,(H,27,28). The van der Waals surface area contributed by atoms with E-state index in [9.17, 15) is 4.79 Å². The lowest BCUT2D eigenvalue weighted by Crippen LogP contribution is -2.23. The highest BCUT2D eigenvalue weighted by Gasteiger charge is 2.10. The number of carbonyl (C=O) groups excluding carboxylic acids is 1. The number of nitrogens with one attached hydrogen (secondary N) is 2. The van der Waals surface area contributed by atoms with Crippen LogP contribution in [0.1, 0.15) is 16.7 Å². The van der Waals surface area contributed by atoms with E-state index in [1.807, 2.05) is 68.4 Å². The SMILES string of the molecule is Cc1cc(C)c(NC(=O)CNc2ccccc2OCCOc2ccccc2)c(C)c1. The lowest BCUT2D eigenvalue weighted by atomic mass is 10.1. The molecule has 30 heavy (non-hydrogen) atoms. The molecule has 3 aromatic carbocycles. The molecule has 5 heteroatoms. The van der Waals surface area contributed by atoms with Crippen molar-refractivity contribution in [3.8, 4) is 11.5 Å². The van der Waals surface area contributed by atoms with Gasteiger partial charge in [0.25, 0.3) is 0 Å². The Morgan fingerprint density at radius 2 is 1.47 bits per heavy atom. The molecule has 156 valence electrons. The molecule has 0 aliphatic heterocycles. The van der Waals surface area contributed by atoms with E-state index in [-0.39, 0.29) is 12.5 Å². The number of para-hydroxylation sites is 3. The first-order chi connectivity index (χ1) is 14.5. The van der Waals surface area contributed by atoms with Gasteiger partial charge in [0.15, 0.2) is 0 Å². The van der Waals surface area contributed by atoms with Gasteiger partial charge in [-0.25, -0.2) is 0 Å². The first kappa shape index (κ1) is 21.2. The predicted octanol–water partition coefficient (Wildman–Crippen LogP) is 5.12. The number of hydrogen-bond donors (Lipinski definition) is 2. The fourth-order valence-corrected chi connectivity index (χ4v) is 3.30. The van der Waals surface area contributed by atoms with Gasteiger partial charge in [-0.3, -0.25) is 4.79 Å². The second-order valence-electron chi connectivity index (χ2n) is 7.18. The second-order valence-corrected chi connectivity index (χ2v) is 7.18. The first-order valence-corrected chi connectivity index (χ1v) is 10.0. The summed E-state index contributed by atoms with van der Waals surface area (Å²) in [6, 6.07) is 21.3. The van der Waals surface area contributed by atoms with Crippen LogP contribution in [0, 0.1) is 20.8 Å². The molecule has 0 aliphatic rings. The highest BCUT2D eigenvalue weighted by Crippen LogP contribution is 2.24. The lowest BCUT2D eigenvalue weighted by Gasteiger charge is -2.15. The zero-order valence-corrected chi connectivity index (χ0v) is 17.7. The van der Waals surface area contributed by atoms with Gasteiger partial charge in [-0.05, 0) is 56.2 Å². The van der Waals surface area contributed by atoms with Crippen LogP contribution in [-0.2, 0) is 4.79 Å². The summed E-state index contributed by atoms with van der Waals surface area (Å²) in [6.07, 6.45) is 0. The van der Waals surface area contributed by atoms with Gasteiger partial charge in [0.2, 0.25) is 5.91 Å². The summed E-state index contributed by atoms with van der Waals surface area (Å²) >= 11 is 0. The molecule has 0 radical (unpaired) electrons. The van der Waals surface area contributed by atoms with Crippen LogP contribution < -0.4 is 20.1 Å². The van der Waals surface area contributed by atoms with Gasteiger partial charge in [0.05, 0.1) is 12.2 Å². The van der Waals surface area contributed by atoms with Gasteiger partial charge < -0.3 is 20.1 Å². The third-order valence-electron chi connectivity index (χ3n) is 4.62. The average Bonchev–Trinajstić information content (AvgIpc) is 2.74. The van der Waals surface area contributed by atoms with Crippen molar-refractivity contribution in [2.75, 3.05) is 30.4 Å². The topological polar surface area (TPSA) is 59.6 Å². The fourth-order valence-electron chi connectivity index (χ4n) is 3.30. The van der Waals surface area contributed by atoms with Crippen molar-refractivity contribution in [1.82, 2.24) is 0 Å².